The first-order valence-electron chi connectivity index (χ1n) is 4.92. The van der Waals surface area contributed by atoms with E-state index in [1.165, 1.54) is 12.4 Å². The summed E-state index contributed by atoms with van der Waals surface area (Å²) >= 11 is 0. The first-order chi connectivity index (χ1) is 8.99. The number of nitrogens with one attached hydrogen (secondary N) is 2. The number of aromatic nitrogens is 2. The number of H-pyrrole nitrogens is 1. The fourth-order valence-corrected chi connectivity index (χ4v) is 1.37. The van der Waals surface area contributed by atoms with Crippen LogP contribution in [-0.4, -0.2) is 21.0 Å². The van der Waals surface area contributed by atoms with Gasteiger partial charge in [0.2, 0.25) is 5.82 Å². The van der Waals surface area contributed by atoms with Crippen LogP contribution in [-0.2, 0) is 0 Å². The molecule has 0 atom stereocenters. The minimum absolute atomic E-state index is 0.247. The van der Waals surface area contributed by atoms with Gasteiger partial charge in [-0.25, -0.2) is 4.39 Å². The van der Waals surface area contributed by atoms with E-state index in [0.717, 1.165) is 0 Å². The Balaban J connectivity index is 2.36. The third-order valence-corrected chi connectivity index (χ3v) is 2.23. The monoisotopic (exact) mass is 268 g/mol. The Bertz CT molecular complexity index is 642. The normalized spacial score (nSPS) is 10.2. The zero-order valence-electron chi connectivity index (χ0n) is 9.18. The predicted octanol–water partition coefficient (Wildman–Crippen LogP) is 1.85. The Morgan fingerprint density at radius 3 is 2.68 bits per heavy atom. The number of benzene rings is 1. The van der Waals surface area contributed by atoms with Gasteiger partial charge in [-0.05, 0) is 0 Å². The van der Waals surface area contributed by atoms with Gasteiger partial charge in [0.15, 0.2) is 0 Å². The molecule has 0 radical (unpaired) electrons. The molecule has 1 amide bonds. The maximum atomic E-state index is 13.4. The zero-order valence-corrected chi connectivity index (χ0v) is 9.18. The highest BCUT2D eigenvalue weighted by atomic mass is 19.1. The van der Waals surface area contributed by atoms with E-state index >= 15 is 0 Å². The van der Waals surface area contributed by atoms with Gasteiger partial charge in [0.25, 0.3) is 5.91 Å². The number of rotatable bonds is 3. The minimum atomic E-state index is -1.35. The molecule has 7 nitrogen and oxygen atoms in total. The molecule has 0 saturated heterocycles. The summed E-state index contributed by atoms with van der Waals surface area (Å²) in [5.41, 5.74) is -1.36. The van der Waals surface area contributed by atoms with Crippen molar-refractivity contribution in [1.29, 1.82) is 0 Å². The number of halogens is 2. The van der Waals surface area contributed by atoms with Gasteiger partial charge in [-0.1, -0.05) is 0 Å². The number of aromatic amines is 1. The van der Waals surface area contributed by atoms with Crippen molar-refractivity contribution >= 4 is 17.3 Å². The third kappa shape index (κ3) is 2.54. The van der Waals surface area contributed by atoms with Crippen molar-refractivity contribution in [3.63, 3.8) is 0 Å². The number of hydrogen-bond acceptors (Lipinski definition) is 4. The van der Waals surface area contributed by atoms with Crippen molar-refractivity contribution in [3.8, 4) is 0 Å². The Labute approximate surface area is 104 Å². The van der Waals surface area contributed by atoms with Crippen LogP contribution in [0.3, 0.4) is 0 Å². The van der Waals surface area contributed by atoms with Crippen LogP contribution < -0.4 is 5.32 Å². The van der Waals surface area contributed by atoms with Crippen LogP contribution in [0.25, 0.3) is 0 Å². The molecule has 98 valence electrons. The summed E-state index contributed by atoms with van der Waals surface area (Å²) in [6.07, 6.45) is 2.58. The maximum absolute atomic E-state index is 13.4. The van der Waals surface area contributed by atoms with Crippen LogP contribution in [0.15, 0.2) is 24.5 Å². The topological polar surface area (TPSA) is 101 Å². The lowest BCUT2D eigenvalue weighted by Gasteiger charge is -2.04. The number of amides is 1. The molecule has 1 aromatic heterocycles. The molecule has 9 heteroatoms. The van der Waals surface area contributed by atoms with E-state index in [9.17, 15) is 23.7 Å². The molecule has 0 fully saturated rings. The third-order valence-electron chi connectivity index (χ3n) is 2.23. The van der Waals surface area contributed by atoms with E-state index in [4.69, 9.17) is 0 Å². The lowest BCUT2D eigenvalue weighted by molar-refractivity contribution is -0.387. The Morgan fingerprint density at radius 2 is 2.11 bits per heavy atom. The molecular weight excluding hydrogens is 262 g/mol. The Hall–Kier alpha value is -2.84. The second-order valence-electron chi connectivity index (χ2n) is 3.48. The molecule has 1 heterocycles. The molecule has 19 heavy (non-hydrogen) atoms. The highest BCUT2D eigenvalue weighted by Gasteiger charge is 2.22. The van der Waals surface area contributed by atoms with E-state index in [2.05, 4.69) is 15.5 Å². The van der Waals surface area contributed by atoms with Crippen molar-refractivity contribution in [3.05, 3.63) is 51.8 Å². The highest BCUT2D eigenvalue weighted by molar-refractivity contribution is 6.04. The SMILES string of the molecule is O=C(Nc1cn[nH]c1)c1cc([N+](=O)[O-])c(F)cc1F. The number of nitro benzene ring substituents is 1. The molecule has 2 N–H and O–H groups in total. The number of carbonyl (C=O) groups excluding carboxylic acids is 1. The van der Waals surface area contributed by atoms with Crippen LogP contribution >= 0.6 is 0 Å². The molecule has 1 aromatic carbocycles. The smallest absolute Gasteiger partial charge is 0.305 e. The molecule has 0 unspecified atom stereocenters. The van der Waals surface area contributed by atoms with Gasteiger partial charge in [-0.15, -0.1) is 0 Å². The zero-order chi connectivity index (χ0) is 14.0. The first-order valence-corrected chi connectivity index (χ1v) is 4.92. The van der Waals surface area contributed by atoms with Crippen molar-refractivity contribution in [2.75, 3.05) is 5.32 Å². The van der Waals surface area contributed by atoms with Crippen LogP contribution in [0.2, 0.25) is 0 Å². The van der Waals surface area contributed by atoms with Crippen LogP contribution in [0, 0.1) is 21.7 Å². The predicted molar refractivity (Wildman–Crippen MR) is 59.6 cm³/mol. The van der Waals surface area contributed by atoms with Gasteiger partial charge < -0.3 is 5.32 Å². The average molecular weight is 268 g/mol. The standard InChI is InChI=1S/C10H6F2N4O3/c11-7-2-8(12)9(16(18)19)1-6(7)10(17)15-5-3-13-14-4-5/h1-4H,(H,13,14)(H,15,17). The molecule has 0 aliphatic heterocycles. The molecule has 0 aliphatic carbocycles. The van der Waals surface area contributed by atoms with Gasteiger partial charge in [0.1, 0.15) is 5.82 Å². The molecule has 0 spiro atoms. The van der Waals surface area contributed by atoms with Crippen LogP contribution in [0.5, 0.6) is 0 Å². The van der Waals surface area contributed by atoms with Crippen molar-refractivity contribution < 1.29 is 18.5 Å². The van der Waals surface area contributed by atoms with Crippen molar-refractivity contribution in [1.82, 2.24) is 10.2 Å². The van der Waals surface area contributed by atoms with E-state index < -0.39 is 33.7 Å². The lowest BCUT2D eigenvalue weighted by Crippen LogP contribution is -2.14. The Morgan fingerprint density at radius 1 is 1.37 bits per heavy atom. The van der Waals surface area contributed by atoms with Gasteiger partial charge >= 0.3 is 5.69 Å². The van der Waals surface area contributed by atoms with Gasteiger partial charge in [-0.3, -0.25) is 20.0 Å². The molecule has 0 bridgehead atoms. The van der Waals surface area contributed by atoms with Gasteiger partial charge in [0.05, 0.1) is 22.4 Å². The van der Waals surface area contributed by atoms with Crippen LogP contribution in [0.4, 0.5) is 20.2 Å². The quantitative estimate of drug-likeness (QED) is 0.655. The van der Waals surface area contributed by atoms with E-state index in [0.29, 0.717) is 12.1 Å². The maximum Gasteiger partial charge on any atom is 0.305 e. The summed E-state index contributed by atoms with van der Waals surface area (Å²) in [7, 11) is 0. The second-order valence-corrected chi connectivity index (χ2v) is 3.48. The number of anilines is 1. The van der Waals surface area contributed by atoms with Gasteiger partial charge in [0, 0.05) is 18.3 Å². The summed E-state index contributed by atoms with van der Waals surface area (Å²) < 4.78 is 26.5. The first kappa shape index (κ1) is 12.6. The molecule has 0 saturated carbocycles. The number of nitro groups is 1. The molecule has 2 aromatic rings. The summed E-state index contributed by atoms with van der Waals surface area (Å²) in [5.74, 6) is -3.48. The number of nitrogens with zero attached hydrogens (tertiary/aromatic N) is 2. The fraction of sp³-hybridized carbons (Fsp3) is 0. The number of carbonyl (C=O) groups is 1. The average Bonchev–Trinajstić information content (AvgIpc) is 2.81. The molecule has 0 aliphatic rings. The summed E-state index contributed by atoms with van der Waals surface area (Å²) in [6.45, 7) is 0. The highest BCUT2D eigenvalue weighted by Crippen LogP contribution is 2.22. The Kier molecular flexibility index (Phi) is 3.19. The van der Waals surface area contributed by atoms with E-state index in [1.54, 1.807) is 0 Å². The van der Waals surface area contributed by atoms with E-state index in [1.807, 2.05) is 0 Å². The van der Waals surface area contributed by atoms with Crippen molar-refractivity contribution in [2.45, 2.75) is 0 Å². The number of hydrogen-bond donors (Lipinski definition) is 2. The largest absolute Gasteiger partial charge is 0.319 e. The summed E-state index contributed by atoms with van der Waals surface area (Å²) in [5, 5.41) is 18.7. The molecular formula is C10H6F2N4O3. The fourth-order valence-electron chi connectivity index (χ4n) is 1.37. The molecule has 2 rings (SSSR count). The minimum Gasteiger partial charge on any atom is -0.319 e. The van der Waals surface area contributed by atoms with Gasteiger partial charge in [-0.2, -0.15) is 9.49 Å². The van der Waals surface area contributed by atoms with Crippen LogP contribution in [0.1, 0.15) is 10.4 Å². The summed E-state index contributed by atoms with van der Waals surface area (Å²) in [6, 6.07) is 0.836. The van der Waals surface area contributed by atoms with Crippen molar-refractivity contribution in [2.24, 2.45) is 0 Å². The second kappa shape index (κ2) is 4.80. The lowest BCUT2D eigenvalue weighted by atomic mass is 10.1. The van der Waals surface area contributed by atoms with E-state index in [-0.39, 0.29) is 5.69 Å². The summed E-state index contributed by atoms with van der Waals surface area (Å²) in [4.78, 5) is 21.2.